The van der Waals surface area contributed by atoms with Gasteiger partial charge in [0.15, 0.2) is 0 Å². The lowest BCUT2D eigenvalue weighted by molar-refractivity contribution is 0.413. The standard InChI is InChI=1S/C20H23N3O3S/c1-15-6-4-5-7-17(15)10-11-27(24,25)22-18-8-9-19(20(12-18)26-3)23-13-16(2)21-14-23/h4-9,12-14,22H,10-11H2,1-3H3. The Morgan fingerprint density at radius 2 is 1.93 bits per heavy atom. The van der Waals surface area contributed by atoms with E-state index in [1.807, 2.05) is 48.9 Å². The van der Waals surface area contributed by atoms with Crippen LogP contribution in [0.4, 0.5) is 5.69 Å². The number of sulfonamides is 1. The number of benzene rings is 2. The molecule has 7 heteroatoms. The molecule has 0 unspecified atom stereocenters. The molecule has 0 atom stereocenters. The number of imidazole rings is 1. The maximum Gasteiger partial charge on any atom is 0.233 e. The summed E-state index contributed by atoms with van der Waals surface area (Å²) in [5.74, 6) is 0.578. The van der Waals surface area contributed by atoms with Crippen molar-refractivity contribution in [2.24, 2.45) is 0 Å². The maximum atomic E-state index is 12.5. The van der Waals surface area contributed by atoms with E-state index in [0.717, 1.165) is 22.5 Å². The van der Waals surface area contributed by atoms with E-state index in [1.54, 1.807) is 31.6 Å². The number of nitrogens with one attached hydrogen (secondary N) is 1. The second-order valence-electron chi connectivity index (χ2n) is 6.41. The third-order valence-electron chi connectivity index (χ3n) is 4.34. The largest absolute Gasteiger partial charge is 0.494 e. The van der Waals surface area contributed by atoms with Crippen molar-refractivity contribution >= 4 is 15.7 Å². The number of rotatable bonds is 7. The van der Waals surface area contributed by atoms with Crippen molar-refractivity contribution in [2.45, 2.75) is 20.3 Å². The Balaban J connectivity index is 1.75. The zero-order valence-electron chi connectivity index (χ0n) is 15.6. The molecule has 2 aromatic carbocycles. The van der Waals surface area contributed by atoms with Crippen molar-refractivity contribution in [3.63, 3.8) is 0 Å². The third kappa shape index (κ3) is 4.68. The van der Waals surface area contributed by atoms with Crippen LogP contribution in [0.2, 0.25) is 0 Å². The summed E-state index contributed by atoms with van der Waals surface area (Å²) in [6.07, 6.45) is 4.04. The Labute approximate surface area is 159 Å². The van der Waals surface area contributed by atoms with E-state index >= 15 is 0 Å². The Bertz CT molecular complexity index is 1040. The van der Waals surface area contributed by atoms with E-state index in [2.05, 4.69) is 9.71 Å². The molecule has 0 aliphatic rings. The van der Waals surface area contributed by atoms with Gasteiger partial charge in [-0.1, -0.05) is 24.3 Å². The summed E-state index contributed by atoms with van der Waals surface area (Å²) >= 11 is 0. The number of hydrogen-bond donors (Lipinski definition) is 1. The van der Waals surface area contributed by atoms with Gasteiger partial charge >= 0.3 is 0 Å². The summed E-state index contributed by atoms with van der Waals surface area (Å²) in [4.78, 5) is 4.21. The monoisotopic (exact) mass is 385 g/mol. The lowest BCUT2D eigenvalue weighted by atomic mass is 10.1. The van der Waals surface area contributed by atoms with E-state index in [0.29, 0.717) is 17.9 Å². The van der Waals surface area contributed by atoms with Gasteiger partial charge in [0.1, 0.15) is 5.75 Å². The van der Waals surface area contributed by atoms with Gasteiger partial charge < -0.3 is 9.30 Å². The maximum absolute atomic E-state index is 12.5. The quantitative estimate of drug-likeness (QED) is 0.676. The average Bonchev–Trinajstić information content (AvgIpc) is 3.07. The molecule has 0 aliphatic carbocycles. The van der Waals surface area contributed by atoms with Gasteiger partial charge in [-0.05, 0) is 43.5 Å². The Kier molecular flexibility index (Phi) is 5.51. The van der Waals surface area contributed by atoms with Crippen molar-refractivity contribution < 1.29 is 13.2 Å². The SMILES string of the molecule is COc1cc(NS(=O)(=O)CCc2ccccc2C)ccc1-n1cnc(C)c1. The molecule has 0 spiro atoms. The number of ether oxygens (including phenoxy) is 1. The number of nitrogens with zero attached hydrogens (tertiary/aromatic N) is 2. The topological polar surface area (TPSA) is 73.2 Å². The molecule has 0 saturated heterocycles. The van der Waals surface area contributed by atoms with Gasteiger partial charge in [-0.2, -0.15) is 0 Å². The lowest BCUT2D eigenvalue weighted by Gasteiger charge is -2.13. The summed E-state index contributed by atoms with van der Waals surface area (Å²) < 4.78 is 34.8. The van der Waals surface area contributed by atoms with E-state index < -0.39 is 10.0 Å². The predicted octanol–water partition coefficient (Wildman–Crippen LogP) is 3.48. The number of methoxy groups -OCH3 is 1. The minimum Gasteiger partial charge on any atom is -0.494 e. The van der Waals surface area contributed by atoms with Crippen LogP contribution < -0.4 is 9.46 Å². The summed E-state index contributed by atoms with van der Waals surface area (Å²) in [6, 6.07) is 13.0. The normalized spacial score (nSPS) is 11.4. The smallest absolute Gasteiger partial charge is 0.233 e. The molecule has 3 rings (SSSR count). The van der Waals surface area contributed by atoms with Gasteiger partial charge in [0.2, 0.25) is 10.0 Å². The molecule has 27 heavy (non-hydrogen) atoms. The van der Waals surface area contributed by atoms with Gasteiger partial charge in [-0.3, -0.25) is 4.72 Å². The van der Waals surface area contributed by atoms with Crippen LogP contribution in [0, 0.1) is 13.8 Å². The molecular formula is C20H23N3O3S. The second kappa shape index (κ2) is 7.84. The van der Waals surface area contributed by atoms with Crippen molar-refractivity contribution in [1.29, 1.82) is 0 Å². The summed E-state index contributed by atoms with van der Waals surface area (Å²) in [5.41, 5.74) is 4.27. The summed E-state index contributed by atoms with van der Waals surface area (Å²) in [5, 5.41) is 0. The van der Waals surface area contributed by atoms with Gasteiger partial charge in [0, 0.05) is 12.3 Å². The summed E-state index contributed by atoms with van der Waals surface area (Å²) in [7, 11) is -1.92. The molecule has 3 aromatic rings. The molecule has 1 heterocycles. The fourth-order valence-corrected chi connectivity index (χ4v) is 3.95. The zero-order valence-corrected chi connectivity index (χ0v) is 16.5. The number of anilines is 1. The van der Waals surface area contributed by atoms with E-state index in [-0.39, 0.29) is 5.75 Å². The minimum atomic E-state index is -3.47. The first-order valence-corrected chi connectivity index (χ1v) is 10.3. The highest BCUT2D eigenvalue weighted by atomic mass is 32.2. The van der Waals surface area contributed by atoms with Crippen LogP contribution in [0.3, 0.4) is 0 Å². The van der Waals surface area contributed by atoms with Crippen molar-refractivity contribution in [3.05, 3.63) is 71.8 Å². The fraction of sp³-hybridized carbons (Fsp3) is 0.250. The van der Waals surface area contributed by atoms with Gasteiger partial charge in [-0.25, -0.2) is 13.4 Å². The first kappa shape index (κ1) is 19.0. The van der Waals surface area contributed by atoms with Crippen LogP contribution in [0.5, 0.6) is 5.75 Å². The Morgan fingerprint density at radius 3 is 2.59 bits per heavy atom. The second-order valence-corrected chi connectivity index (χ2v) is 8.25. The van der Waals surface area contributed by atoms with Crippen molar-refractivity contribution in [1.82, 2.24) is 9.55 Å². The Morgan fingerprint density at radius 1 is 1.15 bits per heavy atom. The Hall–Kier alpha value is -2.80. The van der Waals surface area contributed by atoms with E-state index in [9.17, 15) is 8.42 Å². The molecule has 1 N–H and O–H groups in total. The molecule has 0 amide bonds. The van der Waals surface area contributed by atoms with Crippen molar-refractivity contribution in [3.8, 4) is 11.4 Å². The zero-order chi connectivity index (χ0) is 19.4. The van der Waals surface area contributed by atoms with Crippen molar-refractivity contribution in [2.75, 3.05) is 17.6 Å². The van der Waals surface area contributed by atoms with Crippen LogP contribution >= 0.6 is 0 Å². The molecule has 0 saturated carbocycles. The van der Waals surface area contributed by atoms with Gasteiger partial charge in [0.05, 0.1) is 36.3 Å². The van der Waals surface area contributed by atoms with E-state index in [4.69, 9.17) is 4.74 Å². The lowest BCUT2D eigenvalue weighted by Crippen LogP contribution is -2.18. The third-order valence-corrected chi connectivity index (χ3v) is 5.63. The molecule has 142 valence electrons. The van der Waals surface area contributed by atoms with Crippen LogP contribution in [-0.4, -0.2) is 30.8 Å². The molecule has 0 radical (unpaired) electrons. The van der Waals surface area contributed by atoms with Crippen LogP contribution in [0.1, 0.15) is 16.8 Å². The predicted molar refractivity (Wildman–Crippen MR) is 107 cm³/mol. The minimum absolute atomic E-state index is 0.0165. The highest BCUT2D eigenvalue weighted by Crippen LogP contribution is 2.27. The van der Waals surface area contributed by atoms with Crippen LogP contribution in [0.25, 0.3) is 5.69 Å². The molecular weight excluding hydrogens is 362 g/mol. The number of hydrogen-bond acceptors (Lipinski definition) is 4. The van der Waals surface area contributed by atoms with E-state index in [1.165, 1.54) is 0 Å². The molecule has 0 bridgehead atoms. The first-order valence-electron chi connectivity index (χ1n) is 8.62. The van der Waals surface area contributed by atoms with Crippen LogP contribution in [0.15, 0.2) is 55.0 Å². The molecule has 0 aliphatic heterocycles. The molecule has 0 fully saturated rings. The van der Waals surface area contributed by atoms with Gasteiger partial charge in [-0.15, -0.1) is 0 Å². The molecule has 1 aromatic heterocycles. The highest BCUT2D eigenvalue weighted by Gasteiger charge is 2.14. The van der Waals surface area contributed by atoms with Gasteiger partial charge in [0.25, 0.3) is 0 Å². The fourth-order valence-electron chi connectivity index (χ4n) is 2.87. The number of aryl methyl sites for hydroxylation is 3. The average molecular weight is 385 g/mol. The molecule has 6 nitrogen and oxygen atoms in total. The number of aromatic nitrogens is 2. The summed E-state index contributed by atoms with van der Waals surface area (Å²) in [6.45, 7) is 3.89. The first-order chi connectivity index (χ1) is 12.9. The highest BCUT2D eigenvalue weighted by molar-refractivity contribution is 7.92. The van der Waals surface area contributed by atoms with Crippen LogP contribution in [-0.2, 0) is 16.4 Å².